The minimum atomic E-state index is -1.59. The van der Waals surface area contributed by atoms with Crippen LogP contribution < -0.4 is 4.90 Å². The van der Waals surface area contributed by atoms with Crippen molar-refractivity contribution < 1.29 is 23.9 Å². The van der Waals surface area contributed by atoms with Gasteiger partial charge in [0.2, 0.25) is 0 Å². The maximum absolute atomic E-state index is 11.8. The van der Waals surface area contributed by atoms with Crippen molar-refractivity contribution in [3.05, 3.63) is 28.4 Å². The Morgan fingerprint density at radius 2 is 2.00 bits per heavy atom. The van der Waals surface area contributed by atoms with Gasteiger partial charge in [-0.1, -0.05) is 15.9 Å². The summed E-state index contributed by atoms with van der Waals surface area (Å²) in [5, 5.41) is 9.43. The Kier molecular flexibility index (Phi) is 4.13. The number of amides is 1. The number of fused-ring (bicyclic) bond motifs is 1. The Bertz CT molecular complexity index is 749. The molecule has 0 aliphatic heterocycles. The maximum atomic E-state index is 11.8. The van der Waals surface area contributed by atoms with Crippen molar-refractivity contribution in [3.63, 3.8) is 0 Å². The number of Topliss-reactive ketones (excluding diaryl/α,β-unsaturated/α-hetero) is 1. The maximum Gasteiger partial charge on any atom is 0.394 e. The molecule has 0 aliphatic carbocycles. The molecule has 1 heterocycles. The molecule has 0 radical (unpaired) electrons. The fourth-order valence-electron chi connectivity index (χ4n) is 2.08. The number of halogens is 1. The van der Waals surface area contributed by atoms with Crippen LogP contribution in [0.1, 0.15) is 24.4 Å². The molecule has 1 N–H and O–H groups in total. The van der Waals surface area contributed by atoms with Gasteiger partial charge in [-0.05, 0) is 25.1 Å². The summed E-state index contributed by atoms with van der Waals surface area (Å²) in [5.41, 5.74) is 0.601. The highest BCUT2D eigenvalue weighted by Crippen LogP contribution is 2.36. The molecule has 1 amide bonds. The fourth-order valence-corrected chi connectivity index (χ4v) is 2.44. The number of furan rings is 1. The second-order valence-electron chi connectivity index (χ2n) is 4.33. The van der Waals surface area contributed by atoms with Crippen molar-refractivity contribution in [3.8, 4) is 0 Å². The number of carbonyl (C=O) groups excluding carboxylic acids is 2. The van der Waals surface area contributed by atoms with Gasteiger partial charge in [0.1, 0.15) is 11.3 Å². The van der Waals surface area contributed by atoms with Gasteiger partial charge in [-0.3, -0.25) is 14.5 Å². The van der Waals surface area contributed by atoms with Crippen LogP contribution in [0.4, 0.5) is 5.69 Å². The normalized spacial score (nSPS) is 10.6. The molecule has 0 atom stereocenters. The highest BCUT2D eigenvalue weighted by atomic mass is 79.9. The molecular formula is C14H12BrNO5. The van der Waals surface area contributed by atoms with Crippen molar-refractivity contribution >= 4 is 50.2 Å². The number of hydrogen-bond donors (Lipinski definition) is 1. The summed E-state index contributed by atoms with van der Waals surface area (Å²) in [6.45, 7) is 3.03. The lowest BCUT2D eigenvalue weighted by Crippen LogP contribution is -2.37. The minimum Gasteiger partial charge on any atom is -0.474 e. The predicted molar refractivity (Wildman–Crippen MR) is 79.6 cm³/mol. The Morgan fingerprint density at radius 3 is 2.52 bits per heavy atom. The van der Waals surface area contributed by atoms with E-state index in [9.17, 15) is 14.4 Å². The number of carboxylic acid groups (broad SMARTS) is 1. The first-order valence-corrected chi connectivity index (χ1v) is 6.93. The third-order valence-corrected chi connectivity index (χ3v) is 3.45. The lowest BCUT2D eigenvalue weighted by Gasteiger charge is -2.18. The second-order valence-corrected chi connectivity index (χ2v) is 5.25. The monoisotopic (exact) mass is 353 g/mol. The molecule has 6 nitrogen and oxygen atoms in total. The summed E-state index contributed by atoms with van der Waals surface area (Å²) in [6.07, 6.45) is 0. The molecule has 7 heteroatoms. The summed E-state index contributed by atoms with van der Waals surface area (Å²) in [6, 6.07) is 5.06. The summed E-state index contributed by atoms with van der Waals surface area (Å²) in [7, 11) is 0. The number of carboxylic acids is 1. The lowest BCUT2D eigenvalue weighted by atomic mass is 10.1. The van der Waals surface area contributed by atoms with Crippen LogP contribution in [0.15, 0.2) is 27.1 Å². The highest BCUT2D eigenvalue weighted by molar-refractivity contribution is 9.10. The van der Waals surface area contributed by atoms with E-state index in [1.165, 1.54) is 6.92 Å². The molecule has 0 spiro atoms. The molecule has 2 rings (SSSR count). The standard InChI is InChI=1S/C14H12BrNO5/c1-3-16(13(18)14(19)20)11-9-6-8(15)4-5-10(9)21-12(11)7(2)17/h4-6H,3H2,1-2H3,(H,19,20). The molecule has 0 aliphatic rings. The van der Waals surface area contributed by atoms with Gasteiger partial charge in [0, 0.05) is 23.3 Å². The van der Waals surface area contributed by atoms with Crippen LogP contribution >= 0.6 is 15.9 Å². The van der Waals surface area contributed by atoms with Crippen LogP contribution in [-0.2, 0) is 9.59 Å². The summed E-state index contributed by atoms with van der Waals surface area (Å²) >= 11 is 3.30. The molecule has 0 saturated carbocycles. The quantitative estimate of drug-likeness (QED) is 0.676. The number of rotatable bonds is 3. The van der Waals surface area contributed by atoms with Crippen LogP contribution in [-0.4, -0.2) is 29.3 Å². The van der Waals surface area contributed by atoms with E-state index in [0.29, 0.717) is 11.0 Å². The molecule has 0 unspecified atom stereocenters. The molecule has 1 aromatic carbocycles. The number of hydrogen-bond acceptors (Lipinski definition) is 4. The third-order valence-electron chi connectivity index (χ3n) is 2.96. The third kappa shape index (κ3) is 2.69. The first-order valence-electron chi connectivity index (χ1n) is 6.14. The summed E-state index contributed by atoms with van der Waals surface area (Å²) < 4.78 is 6.20. The van der Waals surface area contributed by atoms with Crippen molar-refractivity contribution in [2.24, 2.45) is 0 Å². The van der Waals surface area contributed by atoms with Crippen LogP contribution in [0, 0.1) is 0 Å². The van der Waals surface area contributed by atoms with Crippen molar-refractivity contribution in [1.82, 2.24) is 0 Å². The van der Waals surface area contributed by atoms with E-state index < -0.39 is 11.9 Å². The molecule has 2 aromatic rings. The Hall–Kier alpha value is -2.15. The van der Waals surface area contributed by atoms with E-state index in [4.69, 9.17) is 9.52 Å². The molecule has 21 heavy (non-hydrogen) atoms. The van der Waals surface area contributed by atoms with Gasteiger partial charge in [0.15, 0.2) is 11.5 Å². The van der Waals surface area contributed by atoms with Crippen LogP contribution in [0.25, 0.3) is 11.0 Å². The smallest absolute Gasteiger partial charge is 0.394 e. The molecule has 110 valence electrons. The number of nitrogens with zero attached hydrogens (tertiary/aromatic N) is 1. The number of likely N-dealkylation sites (N-methyl/N-ethyl adjacent to an activating group) is 1. The van der Waals surface area contributed by atoms with Gasteiger partial charge in [-0.15, -0.1) is 0 Å². The van der Waals surface area contributed by atoms with E-state index in [-0.39, 0.29) is 23.8 Å². The zero-order chi connectivity index (χ0) is 15.7. The van der Waals surface area contributed by atoms with Gasteiger partial charge >= 0.3 is 11.9 Å². The zero-order valence-corrected chi connectivity index (χ0v) is 12.9. The molecule has 0 fully saturated rings. The van der Waals surface area contributed by atoms with Gasteiger partial charge in [-0.25, -0.2) is 4.79 Å². The molecule has 0 saturated heterocycles. The zero-order valence-electron chi connectivity index (χ0n) is 11.3. The van der Waals surface area contributed by atoms with Crippen LogP contribution in [0.3, 0.4) is 0 Å². The Morgan fingerprint density at radius 1 is 1.33 bits per heavy atom. The SMILES string of the molecule is CCN(C(=O)C(=O)O)c1c(C(C)=O)oc2ccc(Br)cc12. The van der Waals surface area contributed by atoms with E-state index in [0.717, 1.165) is 9.37 Å². The van der Waals surface area contributed by atoms with Crippen LogP contribution in [0.2, 0.25) is 0 Å². The van der Waals surface area contributed by atoms with Gasteiger partial charge in [0.25, 0.3) is 0 Å². The minimum absolute atomic E-state index is 0.0282. The average molecular weight is 354 g/mol. The van der Waals surface area contributed by atoms with Crippen molar-refractivity contribution in [1.29, 1.82) is 0 Å². The van der Waals surface area contributed by atoms with Crippen LogP contribution in [0.5, 0.6) is 0 Å². The van der Waals surface area contributed by atoms with Crippen molar-refractivity contribution in [2.75, 3.05) is 11.4 Å². The van der Waals surface area contributed by atoms with E-state index in [1.54, 1.807) is 25.1 Å². The first kappa shape index (κ1) is 15.2. The largest absolute Gasteiger partial charge is 0.474 e. The van der Waals surface area contributed by atoms with E-state index in [1.807, 2.05) is 0 Å². The Balaban J connectivity index is 2.77. The second kappa shape index (κ2) is 5.69. The number of aliphatic carboxylic acids is 1. The number of carbonyl (C=O) groups is 3. The molecular weight excluding hydrogens is 342 g/mol. The van der Waals surface area contributed by atoms with Gasteiger partial charge < -0.3 is 9.52 Å². The number of anilines is 1. The number of ketones is 1. The average Bonchev–Trinajstić information content (AvgIpc) is 2.78. The lowest BCUT2D eigenvalue weighted by molar-refractivity contribution is -0.148. The predicted octanol–water partition coefficient (Wildman–Crippen LogP) is 2.84. The number of benzene rings is 1. The summed E-state index contributed by atoms with van der Waals surface area (Å²) in [5.74, 6) is -3.10. The van der Waals surface area contributed by atoms with Gasteiger partial charge in [0.05, 0.1) is 0 Å². The first-order chi connectivity index (χ1) is 9.86. The highest BCUT2D eigenvalue weighted by Gasteiger charge is 2.29. The Labute approximate surface area is 128 Å². The molecule has 0 bridgehead atoms. The van der Waals surface area contributed by atoms with E-state index in [2.05, 4.69) is 15.9 Å². The fraction of sp³-hybridized carbons (Fsp3) is 0.214. The van der Waals surface area contributed by atoms with E-state index >= 15 is 0 Å². The van der Waals surface area contributed by atoms with Gasteiger partial charge in [-0.2, -0.15) is 0 Å². The van der Waals surface area contributed by atoms with Crippen molar-refractivity contribution in [2.45, 2.75) is 13.8 Å². The summed E-state index contributed by atoms with van der Waals surface area (Å²) in [4.78, 5) is 35.6. The topological polar surface area (TPSA) is 87.8 Å². The molecule has 1 aromatic heterocycles.